The summed E-state index contributed by atoms with van der Waals surface area (Å²) in [5, 5.41) is 7.17. The number of nitrogens with one attached hydrogen (secondary N) is 1. The fourth-order valence-corrected chi connectivity index (χ4v) is 2.86. The fourth-order valence-electron chi connectivity index (χ4n) is 2.86. The SMILES string of the molecule is CC(C)(C)OC(=O)Nc1cc(Oc2cn(C3CC3)nc2OCc2ccccc2)ccn1. The number of nitrogens with zero attached hydrogens (tertiary/aromatic N) is 3. The van der Waals surface area contributed by atoms with Crippen molar-refractivity contribution in [2.24, 2.45) is 0 Å². The summed E-state index contributed by atoms with van der Waals surface area (Å²) in [7, 11) is 0. The normalized spacial score (nSPS) is 13.5. The van der Waals surface area contributed by atoms with Gasteiger partial charge in [-0.25, -0.2) is 9.78 Å². The van der Waals surface area contributed by atoms with Gasteiger partial charge in [0, 0.05) is 12.3 Å². The molecule has 1 aromatic carbocycles. The second kappa shape index (κ2) is 8.67. The highest BCUT2D eigenvalue weighted by Crippen LogP contribution is 2.39. The predicted octanol–water partition coefficient (Wildman–Crippen LogP) is 5.33. The van der Waals surface area contributed by atoms with E-state index in [9.17, 15) is 4.79 Å². The first-order valence-corrected chi connectivity index (χ1v) is 10.3. The van der Waals surface area contributed by atoms with Crippen molar-refractivity contribution in [2.75, 3.05) is 5.32 Å². The van der Waals surface area contributed by atoms with E-state index >= 15 is 0 Å². The molecule has 8 heteroatoms. The highest BCUT2D eigenvalue weighted by Gasteiger charge is 2.27. The maximum Gasteiger partial charge on any atom is 0.413 e. The Hall–Kier alpha value is -3.55. The Morgan fingerprint density at radius 3 is 2.68 bits per heavy atom. The number of carbonyl (C=O) groups excluding carboxylic acids is 1. The molecule has 2 heterocycles. The molecule has 0 spiro atoms. The van der Waals surface area contributed by atoms with E-state index in [1.54, 1.807) is 39.1 Å². The van der Waals surface area contributed by atoms with Gasteiger partial charge in [0.25, 0.3) is 5.88 Å². The lowest BCUT2D eigenvalue weighted by atomic mass is 10.2. The molecule has 162 valence electrons. The van der Waals surface area contributed by atoms with Gasteiger partial charge in [-0.05, 0) is 45.2 Å². The number of benzene rings is 1. The monoisotopic (exact) mass is 422 g/mol. The molecule has 0 atom stereocenters. The van der Waals surface area contributed by atoms with Crippen molar-refractivity contribution >= 4 is 11.9 Å². The summed E-state index contributed by atoms with van der Waals surface area (Å²) in [6.45, 7) is 5.79. The van der Waals surface area contributed by atoms with Gasteiger partial charge in [0.2, 0.25) is 5.75 Å². The summed E-state index contributed by atoms with van der Waals surface area (Å²) in [6.07, 6.45) is 5.01. The summed E-state index contributed by atoms with van der Waals surface area (Å²) >= 11 is 0. The quantitative estimate of drug-likeness (QED) is 0.554. The van der Waals surface area contributed by atoms with E-state index in [4.69, 9.17) is 14.2 Å². The third-order valence-corrected chi connectivity index (χ3v) is 4.39. The molecule has 1 amide bonds. The maximum atomic E-state index is 12.0. The maximum absolute atomic E-state index is 12.0. The Morgan fingerprint density at radius 1 is 1.19 bits per heavy atom. The Balaban J connectivity index is 1.47. The van der Waals surface area contributed by atoms with Crippen LogP contribution in [0.3, 0.4) is 0 Å². The smallest absolute Gasteiger partial charge is 0.413 e. The Morgan fingerprint density at radius 2 is 1.97 bits per heavy atom. The predicted molar refractivity (Wildman–Crippen MR) is 115 cm³/mol. The van der Waals surface area contributed by atoms with Gasteiger partial charge in [-0.15, -0.1) is 5.10 Å². The average Bonchev–Trinajstić information content (AvgIpc) is 3.48. The van der Waals surface area contributed by atoms with Crippen molar-refractivity contribution in [3.8, 4) is 17.4 Å². The van der Waals surface area contributed by atoms with E-state index in [1.807, 2.05) is 41.2 Å². The van der Waals surface area contributed by atoms with Crippen LogP contribution in [0.2, 0.25) is 0 Å². The van der Waals surface area contributed by atoms with Crippen molar-refractivity contribution in [1.82, 2.24) is 14.8 Å². The first-order valence-electron chi connectivity index (χ1n) is 10.3. The van der Waals surface area contributed by atoms with Gasteiger partial charge in [-0.3, -0.25) is 10.00 Å². The minimum atomic E-state index is -0.597. The molecule has 3 aromatic rings. The average molecular weight is 422 g/mol. The highest BCUT2D eigenvalue weighted by molar-refractivity contribution is 5.83. The third kappa shape index (κ3) is 5.97. The van der Waals surface area contributed by atoms with Gasteiger partial charge in [0.05, 0.1) is 12.2 Å². The number of pyridine rings is 1. The molecule has 0 unspecified atom stereocenters. The second-order valence-electron chi connectivity index (χ2n) is 8.39. The zero-order chi connectivity index (χ0) is 21.8. The number of ether oxygens (including phenoxy) is 3. The van der Waals surface area contributed by atoms with Crippen molar-refractivity contribution < 1.29 is 19.0 Å². The molecule has 0 saturated heterocycles. The van der Waals surface area contributed by atoms with Crippen LogP contribution in [0.4, 0.5) is 10.6 Å². The van der Waals surface area contributed by atoms with Gasteiger partial charge < -0.3 is 14.2 Å². The van der Waals surface area contributed by atoms with Crippen LogP contribution in [0, 0.1) is 0 Å². The van der Waals surface area contributed by atoms with Crippen molar-refractivity contribution in [2.45, 2.75) is 51.9 Å². The Bertz CT molecular complexity index is 1040. The fraction of sp³-hybridized carbons (Fsp3) is 0.348. The lowest BCUT2D eigenvalue weighted by Crippen LogP contribution is -2.27. The van der Waals surface area contributed by atoms with Gasteiger partial charge in [0.1, 0.15) is 23.8 Å². The minimum Gasteiger partial charge on any atom is -0.469 e. The van der Waals surface area contributed by atoms with Crippen LogP contribution in [0.5, 0.6) is 17.4 Å². The van der Waals surface area contributed by atoms with E-state index in [2.05, 4.69) is 15.4 Å². The summed E-state index contributed by atoms with van der Waals surface area (Å²) < 4.78 is 19.1. The number of carbonyl (C=O) groups is 1. The van der Waals surface area contributed by atoms with Crippen LogP contribution < -0.4 is 14.8 Å². The molecule has 8 nitrogen and oxygen atoms in total. The van der Waals surface area contributed by atoms with Crippen LogP contribution in [-0.4, -0.2) is 26.5 Å². The van der Waals surface area contributed by atoms with Crippen molar-refractivity contribution in [3.05, 3.63) is 60.4 Å². The number of hydrogen-bond donors (Lipinski definition) is 1. The molecule has 1 N–H and O–H groups in total. The third-order valence-electron chi connectivity index (χ3n) is 4.39. The zero-order valence-corrected chi connectivity index (χ0v) is 17.9. The molecule has 0 bridgehead atoms. The van der Waals surface area contributed by atoms with Gasteiger partial charge in [0.15, 0.2) is 0 Å². The highest BCUT2D eigenvalue weighted by atomic mass is 16.6. The topological polar surface area (TPSA) is 87.5 Å². The van der Waals surface area contributed by atoms with Gasteiger partial charge in [-0.2, -0.15) is 0 Å². The van der Waals surface area contributed by atoms with Crippen LogP contribution in [0.1, 0.15) is 45.2 Å². The second-order valence-corrected chi connectivity index (χ2v) is 8.39. The summed E-state index contributed by atoms with van der Waals surface area (Å²) in [5.74, 6) is 1.76. The molecule has 0 radical (unpaired) electrons. The van der Waals surface area contributed by atoms with Gasteiger partial charge >= 0.3 is 6.09 Å². The van der Waals surface area contributed by atoms with Crippen LogP contribution in [0.25, 0.3) is 0 Å². The largest absolute Gasteiger partial charge is 0.469 e. The summed E-state index contributed by atoms with van der Waals surface area (Å²) in [5.41, 5.74) is 0.447. The number of amides is 1. The van der Waals surface area contributed by atoms with Crippen LogP contribution in [-0.2, 0) is 11.3 Å². The van der Waals surface area contributed by atoms with E-state index in [0.717, 1.165) is 18.4 Å². The molecule has 1 fully saturated rings. The summed E-state index contributed by atoms with van der Waals surface area (Å²) in [6, 6.07) is 13.6. The molecule has 4 rings (SSSR count). The first-order chi connectivity index (χ1) is 14.9. The van der Waals surface area contributed by atoms with Gasteiger partial charge in [-0.1, -0.05) is 30.3 Å². The van der Waals surface area contributed by atoms with E-state index in [1.165, 1.54) is 0 Å². The van der Waals surface area contributed by atoms with E-state index in [-0.39, 0.29) is 0 Å². The first kappa shape index (κ1) is 20.7. The number of anilines is 1. The Kier molecular flexibility index (Phi) is 5.79. The van der Waals surface area contributed by atoms with Crippen molar-refractivity contribution in [1.29, 1.82) is 0 Å². The molecule has 1 aliphatic rings. The molecule has 31 heavy (non-hydrogen) atoms. The molecule has 1 saturated carbocycles. The number of hydrogen-bond acceptors (Lipinski definition) is 6. The summed E-state index contributed by atoms with van der Waals surface area (Å²) in [4.78, 5) is 16.2. The number of aromatic nitrogens is 3. The number of rotatable bonds is 7. The molecular weight excluding hydrogens is 396 g/mol. The van der Waals surface area contributed by atoms with Crippen LogP contribution >= 0.6 is 0 Å². The van der Waals surface area contributed by atoms with E-state index < -0.39 is 11.7 Å². The molecule has 2 aromatic heterocycles. The lowest BCUT2D eigenvalue weighted by molar-refractivity contribution is 0.0635. The standard InChI is InChI=1S/C23H26N4O4/c1-23(2,3)31-22(28)25-20-13-18(11-12-24-20)30-19-14-27(17-9-10-17)26-21(19)29-15-16-7-5-4-6-8-16/h4-8,11-14,17H,9-10,15H2,1-3H3,(H,24,25,28). The molecular formula is C23H26N4O4. The zero-order valence-electron chi connectivity index (χ0n) is 17.9. The lowest BCUT2D eigenvalue weighted by Gasteiger charge is -2.19. The van der Waals surface area contributed by atoms with E-state index in [0.29, 0.717) is 35.8 Å². The Labute approximate surface area is 181 Å². The minimum absolute atomic E-state index is 0.327. The molecule has 1 aliphatic carbocycles. The van der Waals surface area contributed by atoms with Crippen molar-refractivity contribution in [3.63, 3.8) is 0 Å². The van der Waals surface area contributed by atoms with Crippen LogP contribution in [0.15, 0.2) is 54.9 Å². The molecule has 0 aliphatic heterocycles.